The molecule has 0 amide bonds. The fraction of sp³-hybridized carbons (Fsp3) is 0.222. The van der Waals surface area contributed by atoms with Crippen molar-refractivity contribution in [2.24, 2.45) is 0 Å². The Morgan fingerprint density at radius 2 is 2.08 bits per heavy atom. The summed E-state index contributed by atoms with van der Waals surface area (Å²) in [6.45, 7) is 0. The average molecular weight is 203 g/mol. The molecule has 0 fully saturated rings. The maximum atomic E-state index is 10.2. The van der Waals surface area contributed by atoms with Gasteiger partial charge >= 0.3 is 0 Å². The van der Waals surface area contributed by atoms with Gasteiger partial charge in [0, 0.05) is 5.02 Å². The Bertz CT molecular complexity index is 273. The Morgan fingerprint density at radius 1 is 1.42 bits per heavy atom. The van der Waals surface area contributed by atoms with Crippen molar-refractivity contribution in [3.8, 4) is 0 Å². The van der Waals surface area contributed by atoms with Crippen molar-refractivity contribution in [2.75, 3.05) is 0 Å². The molecule has 0 heterocycles. The second kappa shape index (κ2) is 4.48. The molecule has 64 valence electrons. The molecule has 0 radical (unpaired) electrons. The van der Waals surface area contributed by atoms with E-state index in [0.29, 0.717) is 17.7 Å². The highest BCUT2D eigenvalue weighted by Gasteiger charge is 2.05. The molecule has 1 nitrogen and oxygen atoms in total. The highest BCUT2D eigenvalue weighted by molar-refractivity contribution is 6.31. The van der Waals surface area contributed by atoms with Crippen LogP contribution in [0, 0.1) is 0 Å². The van der Waals surface area contributed by atoms with Gasteiger partial charge in [0.2, 0.25) is 0 Å². The summed E-state index contributed by atoms with van der Waals surface area (Å²) < 4.78 is 0. The highest BCUT2D eigenvalue weighted by Crippen LogP contribution is 2.17. The van der Waals surface area contributed by atoms with Crippen LogP contribution in [0.3, 0.4) is 0 Å². The van der Waals surface area contributed by atoms with Gasteiger partial charge in [-0.2, -0.15) is 0 Å². The smallest absolute Gasteiger partial charge is 0.138 e. The summed E-state index contributed by atoms with van der Waals surface area (Å²) in [5, 5.41) is 0.176. The molecule has 0 aliphatic heterocycles. The van der Waals surface area contributed by atoms with Crippen molar-refractivity contribution in [3.63, 3.8) is 0 Å². The Labute approximate surface area is 81.3 Å². The summed E-state index contributed by atoms with van der Waals surface area (Å²) in [5.41, 5.74) is 0.909. The fourth-order valence-corrected chi connectivity index (χ4v) is 1.30. The minimum absolute atomic E-state index is 0.482. The zero-order chi connectivity index (χ0) is 8.97. The second-order valence-corrected chi connectivity index (χ2v) is 3.42. The molecule has 0 N–H and O–H groups in total. The van der Waals surface area contributed by atoms with Crippen LogP contribution in [0.4, 0.5) is 0 Å². The van der Waals surface area contributed by atoms with Crippen molar-refractivity contribution in [3.05, 3.63) is 34.9 Å². The number of rotatable bonds is 3. The minimum Gasteiger partial charge on any atom is -0.302 e. The van der Waals surface area contributed by atoms with E-state index in [1.54, 1.807) is 6.07 Å². The molecule has 0 unspecified atom stereocenters. The van der Waals surface area contributed by atoms with Crippen LogP contribution in [0.2, 0.25) is 5.02 Å². The molecule has 3 heteroatoms. The van der Waals surface area contributed by atoms with E-state index in [1.807, 2.05) is 18.2 Å². The molecule has 1 atom stereocenters. The van der Waals surface area contributed by atoms with Gasteiger partial charge in [-0.1, -0.05) is 29.8 Å². The number of hydrogen-bond acceptors (Lipinski definition) is 1. The van der Waals surface area contributed by atoms with Gasteiger partial charge in [0.1, 0.15) is 6.29 Å². The van der Waals surface area contributed by atoms with Gasteiger partial charge in [0.05, 0.1) is 5.38 Å². The summed E-state index contributed by atoms with van der Waals surface area (Å²) in [5.74, 6) is 0. The van der Waals surface area contributed by atoms with Gasteiger partial charge in [0.25, 0.3) is 0 Å². The number of halogens is 2. The number of benzene rings is 1. The number of hydrogen-bond donors (Lipinski definition) is 0. The molecule has 0 aliphatic rings. The van der Waals surface area contributed by atoms with E-state index in [9.17, 15) is 4.79 Å². The van der Waals surface area contributed by atoms with Crippen LogP contribution in [0.25, 0.3) is 0 Å². The summed E-state index contributed by atoms with van der Waals surface area (Å²) in [6, 6.07) is 7.36. The second-order valence-electron chi connectivity index (χ2n) is 2.45. The van der Waals surface area contributed by atoms with Crippen LogP contribution in [-0.2, 0) is 11.2 Å². The Kier molecular flexibility index (Phi) is 3.57. The monoisotopic (exact) mass is 202 g/mol. The molecule has 0 saturated carbocycles. The first-order chi connectivity index (χ1) is 5.74. The first-order valence-electron chi connectivity index (χ1n) is 3.57. The Hall–Kier alpha value is -0.530. The van der Waals surface area contributed by atoms with E-state index in [4.69, 9.17) is 23.2 Å². The Balaban J connectivity index is 2.75. The first-order valence-corrected chi connectivity index (χ1v) is 4.38. The van der Waals surface area contributed by atoms with E-state index >= 15 is 0 Å². The lowest BCUT2D eigenvalue weighted by Crippen LogP contribution is -2.04. The molecule has 0 aliphatic carbocycles. The molecular formula is C9H8Cl2O. The van der Waals surface area contributed by atoms with E-state index in [1.165, 1.54) is 0 Å². The zero-order valence-electron chi connectivity index (χ0n) is 6.34. The quantitative estimate of drug-likeness (QED) is 0.545. The number of carbonyl (C=O) groups is 1. The maximum Gasteiger partial charge on any atom is 0.138 e. The average Bonchev–Trinajstić information content (AvgIpc) is 2.09. The molecule has 1 aromatic carbocycles. The standard InChI is InChI=1S/C9H8Cl2O/c10-8(6-12)5-7-3-1-2-4-9(7)11/h1-4,6,8H,5H2/t8-/m0/s1. The van der Waals surface area contributed by atoms with E-state index in [-0.39, 0.29) is 0 Å². The maximum absolute atomic E-state index is 10.2. The van der Waals surface area contributed by atoms with Crippen LogP contribution < -0.4 is 0 Å². The molecule has 0 saturated heterocycles. The van der Waals surface area contributed by atoms with Crippen LogP contribution >= 0.6 is 23.2 Å². The van der Waals surface area contributed by atoms with Crippen LogP contribution in [0.1, 0.15) is 5.56 Å². The van der Waals surface area contributed by atoms with Gasteiger partial charge < -0.3 is 4.79 Å². The van der Waals surface area contributed by atoms with Gasteiger partial charge in [-0.25, -0.2) is 0 Å². The van der Waals surface area contributed by atoms with Crippen LogP contribution in [-0.4, -0.2) is 11.7 Å². The number of aldehydes is 1. The third-order valence-corrected chi connectivity index (χ3v) is 2.15. The van der Waals surface area contributed by atoms with E-state index in [2.05, 4.69) is 0 Å². The number of alkyl halides is 1. The predicted octanol–water partition coefficient (Wildman–Crippen LogP) is 2.69. The third-order valence-electron chi connectivity index (χ3n) is 1.52. The summed E-state index contributed by atoms with van der Waals surface area (Å²) >= 11 is 11.5. The fourth-order valence-electron chi connectivity index (χ4n) is 0.922. The van der Waals surface area contributed by atoms with Crippen LogP contribution in [0.5, 0.6) is 0 Å². The normalized spacial score (nSPS) is 12.5. The molecule has 1 rings (SSSR count). The topological polar surface area (TPSA) is 17.1 Å². The lowest BCUT2D eigenvalue weighted by molar-refractivity contribution is -0.107. The molecule has 12 heavy (non-hydrogen) atoms. The molecular weight excluding hydrogens is 195 g/mol. The van der Waals surface area contributed by atoms with E-state index in [0.717, 1.165) is 5.56 Å². The summed E-state index contributed by atoms with van der Waals surface area (Å²) in [6.07, 6.45) is 1.20. The van der Waals surface area contributed by atoms with Gasteiger partial charge in [0.15, 0.2) is 0 Å². The lowest BCUT2D eigenvalue weighted by Gasteiger charge is -2.03. The molecule has 0 spiro atoms. The van der Waals surface area contributed by atoms with Crippen molar-refractivity contribution >= 4 is 29.5 Å². The SMILES string of the molecule is O=C[C@@H](Cl)Cc1ccccc1Cl. The Morgan fingerprint density at radius 3 is 2.67 bits per heavy atom. The van der Waals surface area contributed by atoms with Crippen molar-refractivity contribution < 1.29 is 4.79 Å². The summed E-state index contributed by atoms with van der Waals surface area (Å²) in [4.78, 5) is 10.2. The van der Waals surface area contributed by atoms with Crippen molar-refractivity contribution in [2.45, 2.75) is 11.8 Å². The number of carbonyl (C=O) groups excluding carboxylic acids is 1. The summed E-state index contributed by atoms with van der Waals surface area (Å²) in [7, 11) is 0. The first kappa shape index (κ1) is 9.56. The van der Waals surface area contributed by atoms with Gasteiger partial charge in [-0.3, -0.25) is 0 Å². The molecule has 1 aromatic rings. The van der Waals surface area contributed by atoms with Gasteiger partial charge in [-0.05, 0) is 18.1 Å². The van der Waals surface area contributed by atoms with Gasteiger partial charge in [-0.15, -0.1) is 11.6 Å². The molecule has 0 aromatic heterocycles. The van der Waals surface area contributed by atoms with Crippen molar-refractivity contribution in [1.82, 2.24) is 0 Å². The third kappa shape index (κ3) is 2.50. The van der Waals surface area contributed by atoms with E-state index < -0.39 is 5.38 Å². The lowest BCUT2D eigenvalue weighted by atomic mass is 10.1. The predicted molar refractivity (Wildman–Crippen MR) is 50.9 cm³/mol. The largest absolute Gasteiger partial charge is 0.302 e. The minimum atomic E-state index is -0.482. The molecule has 0 bridgehead atoms. The van der Waals surface area contributed by atoms with Crippen LogP contribution in [0.15, 0.2) is 24.3 Å². The zero-order valence-corrected chi connectivity index (χ0v) is 7.85. The van der Waals surface area contributed by atoms with Crippen molar-refractivity contribution in [1.29, 1.82) is 0 Å². The highest BCUT2D eigenvalue weighted by atomic mass is 35.5.